The van der Waals surface area contributed by atoms with Crippen molar-refractivity contribution in [3.63, 3.8) is 0 Å². The standard InChI is InChI=1S/C13H14FNO3/c1-7-6-9-10(15(7)2)5-4-8(11(9)14)12(16)13(17)18-3/h4-6,12,16H,1-3H3. The molecule has 1 N–H and O–H groups in total. The SMILES string of the molecule is COC(=O)C(O)c1ccc2c(cc(C)n2C)c1F. The topological polar surface area (TPSA) is 51.5 Å². The largest absolute Gasteiger partial charge is 0.467 e. The number of aromatic nitrogens is 1. The molecule has 1 aromatic carbocycles. The first-order chi connectivity index (χ1) is 8.47. The van der Waals surface area contributed by atoms with E-state index in [2.05, 4.69) is 4.74 Å². The van der Waals surface area contributed by atoms with Gasteiger partial charge in [0, 0.05) is 23.7 Å². The Morgan fingerprint density at radius 3 is 2.78 bits per heavy atom. The van der Waals surface area contributed by atoms with E-state index < -0.39 is 17.9 Å². The summed E-state index contributed by atoms with van der Waals surface area (Å²) in [5, 5.41) is 10.1. The van der Waals surface area contributed by atoms with Gasteiger partial charge in [-0.3, -0.25) is 0 Å². The minimum absolute atomic E-state index is 0.0695. The number of hydrogen-bond acceptors (Lipinski definition) is 3. The summed E-state index contributed by atoms with van der Waals surface area (Å²) in [4.78, 5) is 11.2. The van der Waals surface area contributed by atoms with Gasteiger partial charge in [0.1, 0.15) is 5.82 Å². The predicted molar refractivity (Wildman–Crippen MR) is 64.6 cm³/mol. The lowest BCUT2D eigenvalue weighted by atomic mass is 10.1. The Bertz CT molecular complexity index is 618. The van der Waals surface area contributed by atoms with Crippen LogP contribution in [-0.4, -0.2) is 22.8 Å². The molecule has 96 valence electrons. The van der Waals surface area contributed by atoms with Crippen LogP contribution in [0.25, 0.3) is 10.9 Å². The number of aliphatic hydroxyl groups excluding tert-OH is 1. The fraction of sp³-hybridized carbons (Fsp3) is 0.308. The van der Waals surface area contributed by atoms with Gasteiger partial charge in [0.25, 0.3) is 0 Å². The van der Waals surface area contributed by atoms with Crippen molar-refractivity contribution in [3.8, 4) is 0 Å². The lowest BCUT2D eigenvalue weighted by Crippen LogP contribution is -2.15. The van der Waals surface area contributed by atoms with Crippen molar-refractivity contribution >= 4 is 16.9 Å². The Labute approximate surface area is 104 Å². The number of esters is 1. The van der Waals surface area contributed by atoms with E-state index in [1.54, 1.807) is 12.1 Å². The maximum absolute atomic E-state index is 14.2. The highest BCUT2D eigenvalue weighted by atomic mass is 19.1. The van der Waals surface area contributed by atoms with E-state index in [0.717, 1.165) is 12.8 Å². The molecule has 1 atom stereocenters. The van der Waals surface area contributed by atoms with Crippen molar-refractivity contribution in [1.29, 1.82) is 0 Å². The average molecular weight is 251 g/mol. The second kappa shape index (κ2) is 4.42. The molecule has 0 aliphatic carbocycles. The van der Waals surface area contributed by atoms with Crippen LogP contribution in [0.15, 0.2) is 18.2 Å². The van der Waals surface area contributed by atoms with E-state index in [-0.39, 0.29) is 5.56 Å². The molecule has 0 spiro atoms. The zero-order valence-corrected chi connectivity index (χ0v) is 10.4. The molecule has 4 nitrogen and oxygen atoms in total. The molecule has 0 aliphatic heterocycles. The van der Waals surface area contributed by atoms with Gasteiger partial charge >= 0.3 is 5.97 Å². The summed E-state index contributed by atoms with van der Waals surface area (Å²) in [5.41, 5.74) is 1.54. The van der Waals surface area contributed by atoms with E-state index in [0.29, 0.717) is 10.9 Å². The van der Waals surface area contributed by atoms with Crippen LogP contribution >= 0.6 is 0 Å². The lowest BCUT2D eigenvalue weighted by Gasteiger charge is -2.10. The summed E-state index contributed by atoms with van der Waals surface area (Å²) in [5.74, 6) is -1.46. The molecule has 5 heteroatoms. The first-order valence-electron chi connectivity index (χ1n) is 5.47. The van der Waals surface area contributed by atoms with Crippen LogP contribution in [-0.2, 0) is 16.6 Å². The molecule has 0 saturated carbocycles. The van der Waals surface area contributed by atoms with Crippen LogP contribution in [0.3, 0.4) is 0 Å². The van der Waals surface area contributed by atoms with Crippen LogP contribution in [0.5, 0.6) is 0 Å². The molecule has 0 fully saturated rings. The van der Waals surface area contributed by atoms with Gasteiger partial charge in [-0.05, 0) is 19.1 Å². The zero-order chi connectivity index (χ0) is 13.4. The number of benzene rings is 1. The molecule has 0 amide bonds. The molecule has 2 rings (SSSR count). The van der Waals surface area contributed by atoms with Crippen molar-refractivity contribution in [2.75, 3.05) is 7.11 Å². The average Bonchev–Trinajstić information content (AvgIpc) is 2.66. The number of fused-ring (bicyclic) bond motifs is 1. The Balaban J connectivity index is 2.61. The Morgan fingerprint density at radius 2 is 2.17 bits per heavy atom. The fourth-order valence-corrected chi connectivity index (χ4v) is 1.97. The quantitative estimate of drug-likeness (QED) is 0.828. The van der Waals surface area contributed by atoms with Crippen molar-refractivity contribution in [2.45, 2.75) is 13.0 Å². The van der Waals surface area contributed by atoms with Gasteiger partial charge in [-0.1, -0.05) is 6.07 Å². The van der Waals surface area contributed by atoms with E-state index in [1.165, 1.54) is 6.07 Å². The highest BCUT2D eigenvalue weighted by Crippen LogP contribution is 2.27. The summed E-state index contributed by atoms with van der Waals surface area (Å²) < 4.78 is 20.5. The maximum atomic E-state index is 14.2. The molecule has 0 saturated heterocycles. The summed E-state index contributed by atoms with van der Waals surface area (Å²) in [7, 11) is 2.97. The van der Waals surface area contributed by atoms with Crippen molar-refractivity contribution < 1.29 is 19.0 Å². The normalized spacial score (nSPS) is 12.7. The Morgan fingerprint density at radius 1 is 1.50 bits per heavy atom. The number of aryl methyl sites for hydroxylation is 2. The van der Waals surface area contributed by atoms with Crippen molar-refractivity contribution in [2.24, 2.45) is 7.05 Å². The lowest BCUT2D eigenvalue weighted by molar-refractivity contribution is -0.150. The predicted octanol–water partition coefficient (Wildman–Crippen LogP) is 1.83. The number of methoxy groups -OCH3 is 1. The van der Waals surface area contributed by atoms with Crippen LogP contribution < -0.4 is 0 Å². The van der Waals surface area contributed by atoms with Gasteiger partial charge in [0.05, 0.1) is 12.6 Å². The Hall–Kier alpha value is -1.88. The minimum Gasteiger partial charge on any atom is -0.467 e. The van der Waals surface area contributed by atoms with Crippen LogP contribution in [0.1, 0.15) is 17.4 Å². The molecule has 1 aromatic heterocycles. The number of ether oxygens (including phenoxy) is 1. The summed E-state index contributed by atoms with van der Waals surface area (Å²) >= 11 is 0. The molecule has 0 aliphatic rings. The Kier molecular flexibility index (Phi) is 3.09. The van der Waals surface area contributed by atoms with Gasteiger partial charge in [-0.15, -0.1) is 0 Å². The molecule has 1 unspecified atom stereocenters. The molecule has 18 heavy (non-hydrogen) atoms. The van der Waals surface area contributed by atoms with Gasteiger partial charge in [0.15, 0.2) is 6.10 Å². The van der Waals surface area contributed by atoms with E-state index >= 15 is 0 Å². The van der Waals surface area contributed by atoms with Gasteiger partial charge in [-0.2, -0.15) is 0 Å². The number of halogens is 1. The number of hydrogen-bond donors (Lipinski definition) is 1. The van der Waals surface area contributed by atoms with Gasteiger partial charge in [-0.25, -0.2) is 9.18 Å². The first kappa shape index (κ1) is 12.6. The second-order valence-electron chi connectivity index (χ2n) is 4.17. The number of nitrogens with zero attached hydrogens (tertiary/aromatic N) is 1. The smallest absolute Gasteiger partial charge is 0.339 e. The van der Waals surface area contributed by atoms with Crippen molar-refractivity contribution in [3.05, 3.63) is 35.3 Å². The molecule has 1 heterocycles. The highest BCUT2D eigenvalue weighted by Gasteiger charge is 2.23. The monoisotopic (exact) mass is 251 g/mol. The van der Waals surface area contributed by atoms with Crippen LogP contribution in [0.2, 0.25) is 0 Å². The number of aliphatic hydroxyl groups is 1. The molecule has 0 bridgehead atoms. The second-order valence-corrected chi connectivity index (χ2v) is 4.17. The maximum Gasteiger partial charge on any atom is 0.339 e. The fourth-order valence-electron chi connectivity index (χ4n) is 1.97. The number of rotatable bonds is 2. The molecular weight excluding hydrogens is 237 g/mol. The number of carbonyl (C=O) groups is 1. The molecule has 0 radical (unpaired) electrons. The molecule has 2 aromatic rings. The van der Waals surface area contributed by atoms with E-state index in [9.17, 15) is 14.3 Å². The van der Waals surface area contributed by atoms with E-state index in [1.807, 2.05) is 18.5 Å². The first-order valence-corrected chi connectivity index (χ1v) is 5.47. The van der Waals surface area contributed by atoms with E-state index in [4.69, 9.17) is 0 Å². The van der Waals surface area contributed by atoms with Gasteiger partial charge < -0.3 is 14.4 Å². The van der Waals surface area contributed by atoms with Crippen LogP contribution in [0.4, 0.5) is 4.39 Å². The summed E-state index contributed by atoms with van der Waals surface area (Å²) in [6.45, 7) is 1.86. The highest BCUT2D eigenvalue weighted by molar-refractivity contribution is 5.85. The van der Waals surface area contributed by atoms with Gasteiger partial charge in [0.2, 0.25) is 0 Å². The zero-order valence-electron chi connectivity index (χ0n) is 10.4. The number of carbonyl (C=O) groups excluding carboxylic acids is 1. The third kappa shape index (κ3) is 1.76. The summed E-state index contributed by atoms with van der Waals surface area (Å²) in [6, 6.07) is 4.75. The summed E-state index contributed by atoms with van der Waals surface area (Å²) in [6.07, 6.45) is -1.60. The molecular formula is C13H14FNO3. The van der Waals surface area contributed by atoms with Crippen molar-refractivity contribution in [1.82, 2.24) is 4.57 Å². The van der Waals surface area contributed by atoms with Crippen LogP contribution in [0, 0.1) is 12.7 Å². The third-order valence-electron chi connectivity index (χ3n) is 3.15. The third-order valence-corrected chi connectivity index (χ3v) is 3.15. The minimum atomic E-state index is -1.60.